The highest BCUT2D eigenvalue weighted by molar-refractivity contribution is 6.31. The summed E-state index contributed by atoms with van der Waals surface area (Å²) < 4.78 is 5.53. The molecule has 2 aromatic rings. The Morgan fingerprint density at radius 3 is 2.82 bits per heavy atom. The number of pyridine rings is 1. The van der Waals surface area contributed by atoms with Crippen molar-refractivity contribution in [3.63, 3.8) is 0 Å². The summed E-state index contributed by atoms with van der Waals surface area (Å²) in [6.45, 7) is 2.29. The molecular formula is C13H13ClN2O. The lowest BCUT2D eigenvalue weighted by molar-refractivity contribution is 0.294. The first kappa shape index (κ1) is 11.7. The molecule has 0 atom stereocenters. The molecule has 0 unspecified atom stereocenters. The highest BCUT2D eigenvalue weighted by atomic mass is 35.5. The fraction of sp³-hybridized carbons (Fsp3) is 0.154. The molecule has 3 nitrogen and oxygen atoms in total. The van der Waals surface area contributed by atoms with Gasteiger partial charge in [-0.25, -0.2) is 4.98 Å². The molecule has 88 valence electrons. The van der Waals surface area contributed by atoms with E-state index in [2.05, 4.69) is 4.98 Å². The Bertz CT molecular complexity index is 529. The van der Waals surface area contributed by atoms with Crippen LogP contribution in [0.25, 0.3) is 0 Å². The van der Waals surface area contributed by atoms with Gasteiger partial charge < -0.3 is 10.5 Å². The third-order valence-corrected chi connectivity index (χ3v) is 2.82. The maximum atomic E-state index is 6.02. The first-order valence-electron chi connectivity index (χ1n) is 5.25. The third-order valence-electron chi connectivity index (χ3n) is 2.45. The summed E-state index contributed by atoms with van der Waals surface area (Å²) in [6.07, 6.45) is 1.69. The predicted octanol–water partition coefficient (Wildman–Crippen LogP) is 3.20. The van der Waals surface area contributed by atoms with E-state index in [-0.39, 0.29) is 0 Å². The smallest absolute Gasteiger partial charge is 0.215 e. The maximum absolute atomic E-state index is 6.02. The number of aryl methyl sites for hydroxylation is 1. The molecule has 1 aromatic carbocycles. The molecule has 0 radical (unpaired) electrons. The number of aromatic nitrogens is 1. The van der Waals surface area contributed by atoms with Crippen molar-refractivity contribution < 1.29 is 4.74 Å². The van der Waals surface area contributed by atoms with Crippen molar-refractivity contribution in [2.75, 3.05) is 5.73 Å². The zero-order valence-corrected chi connectivity index (χ0v) is 10.2. The van der Waals surface area contributed by atoms with Gasteiger partial charge in [-0.05, 0) is 18.6 Å². The van der Waals surface area contributed by atoms with E-state index in [1.54, 1.807) is 12.3 Å². The van der Waals surface area contributed by atoms with E-state index in [4.69, 9.17) is 22.1 Å². The van der Waals surface area contributed by atoms with Gasteiger partial charge in [-0.3, -0.25) is 0 Å². The molecule has 1 aromatic heterocycles. The van der Waals surface area contributed by atoms with Gasteiger partial charge in [0.05, 0.1) is 0 Å². The van der Waals surface area contributed by atoms with Crippen molar-refractivity contribution in [3.8, 4) is 5.88 Å². The topological polar surface area (TPSA) is 48.1 Å². The molecule has 0 aliphatic heterocycles. The average Bonchev–Trinajstić information content (AvgIpc) is 2.32. The normalized spacial score (nSPS) is 10.2. The average molecular weight is 249 g/mol. The Morgan fingerprint density at radius 1 is 1.35 bits per heavy atom. The summed E-state index contributed by atoms with van der Waals surface area (Å²) >= 11 is 6.02. The van der Waals surface area contributed by atoms with Crippen molar-refractivity contribution in [2.24, 2.45) is 0 Å². The van der Waals surface area contributed by atoms with E-state index < -0.39 is 0 Å². The van der Waals surface area contributed by atoms with Gasteiger partial charge >= 0.3 is 0 Å². The predicted molar refractivity (Wildman–Crippen MR) is 69.2 cm³/mol. The first-order chi connectivity index (χ1) is 8.16. The number of ether oxygens (including phenoxy) is 1. The van der Waals surface area contributed by atoms with Crippen LogP contribution in [0.2, 0.25) is 5.02 Å². The van der Waals surface area contributed by atoms with Crippen LogP contribution in [0.1, 0.15) is 11.1 Å². The van der Waals surface area contributed by atoms with E-state index in [0.717, 1.165) is 11.1 Å². The second-order valence-corrected chi connectivity index (χ2v) is 4.17. The molecule has 0 amide bonds. The highest BCUT2D eigenvalue weighted by Gasteiger charge is 2.02. The molecule has 2 rings (SSSR count). The van der Waals surface area contributed by atoms with E-state index in [9.17, 15) is 0 Å². The largest absolute Gasteiger partial charge is 0.473 e. The number of nitrogen functional groups attached to an aromatic ring is 1. The minimum absolute atomic E-state index is 0.384. The van der Waals surface area contributed by atoms with Crippen LogP contribution in [0, 0.1) is 6.92 Å². The summed E-state index contributed by atoms with van der Waals surface area (Å²) in [4.78, 5) is 4.14. The van der Waals surface area contributed by atoms with E-state index >= 15 is 0 Å². The Labute approximate surface area is 105 Å². The summed E-state index contributed by atoms with van der Waals surface area (Å²) in [5.74, 6) is 0.507. The van der Waals surface area contributed by atoms with Crippen molar-refractivity contribution in [1.29, 1.82) is 0 Å². The number of hydrogen-bond acceptors (Lipinski definition) is 3. The fourth-order valence-electron chi connectivity index (χ4n) is 1.37. The molecule has 0 aliphatic rings. The number of nitrogens with two attached hydrogens (primary N) is 1. The molecule has 0 saturated heterocycles. The first-order valence-corrected chi connectivity index (χ1v) is 5.63. The summed E-state index contributed by atoms with van der Waals surface area (Å²) in [7, 11) is 0. The van der Waals surface area contributed by atoms with Crippen LogP contribution in [0.15, 0.2) is 36.5 Å². The second-order valence-electron chi connectivity index (χ2n) is 3.76. The molecule has 0 spiro atoms. The molecule has 17 heavy (non-hydrogen) atoms. The van der Waals surface area contributed by atoms with Crippen molar-refractivity contribution in [3.05, 3.63) is 52.7 Å². The molecule has 2 N–H and O–H groups in total. The van der Waals surface area contributed by atoms with Gasteiger partial charge in [0, 0.05) is 28.5 Å². The third kappa shape index (κ3) is 2.88. The lowest BCUT2D eigenvalue weighted by atomic mass is 10.2. The van der Waals surface area contributed by atoms with Crippen LogP contribution in [-0.2, 0) is 6.61 Å². The Hall–Kier alpha value is -1.74. The van der Waals surface area contributed by atoms with Crippen LogP contribution < -0.4 is 10.5 Å². The molecule has 4 heteroatoms. The zero-order chi connectivity index (χ0) is 12.3. The number of rotatable bonds is 3. The van der Waals surface area contributed by atoms with Crippen LogP contribution in [0.5, 0.6) is 5.88 Å². The van der Waals surface area contributed by atoms with Gasteiger partial charge in [0.1, 0.15) is 6.61 Å². The maximum Gasteiger partial charge on any atom is 0.215 e. The molecule has 0 fully saturated rings. The molecule has 0 aliphatic carbocycles. The number of benzene rings is 1. The highest BCUT2D eigenvalue weighted by Crippen LogP contribution is 2.19. The summed E-state index contributed by atoms with van der Waals surface area (Å²) in [5, 5.41) is 0.688. The minimum Gasteiger partial charge on any atom is -0.473 e. The Balaban J connectivity index is 2.08. The Kier molecular flexibility index (Phi) is 3.49. The lowest BCUT2D eigenvalue weighted by Crippen LogP contribution is -1.99. The number of halogens is 1. The van der Waals surface area contributed by atoms with Crippen molar-refractivity contribution in [1.82, 2.24) is 4.98 Å². The van der Waals surface area contributed by atoms with E-state index in [0.29, 0.717) is 23.2 Å². The number of anilines is 1. The summed E-state index contributed by atoms with van der Waals surface area (Å²) in [6, 6.07) is 9.26. The van der Waals surface area contributed by atoms with E-state index in [1.807, 2.05) is 31.2 Å². The standard InChI is InChI=1S/C13H13ClN2O/c1-9-7-16-13(6-12(9)15)17-8-10-4-2-3-5-11(10)14/h2-7H,8H2,1H3,(H2,15,16). The number of nitrogens with zero attached hydrogens (tertiary/aromatic N) is 1. The fourth-order valence-corrected chi connectivity index (χ4v) is 1.56. The van der Waals surface area contributed by atoms with Gasteiger partial charge in [-0.2, -0.15) is 0 Å². The molecular weight excluding hydrogens is 236 g/mol. The van der Waals surface area contributed by atoms with Crippen molar-refractivity contribution >= 4 is 17.3 Å². The lowest BCUT2D eigenvalue weighted by Gasteiger charge is -2.08. The van der Waals surface area contributed by atoms with Crippen LogP contribution in [0.3, 0.4) is 0 Å². The SMILES string of the molecule is Cc1cnc(OCc2ccccc2Cl)cc1N. The van der Waals surface area contributed by atoms with Gasteiger partial charge in [-0.1, -0.05) is 29.8 Å². The zero-order valence-electron chi connectivity index (χ0n) is 9.48. The van der Waals surface area contributed by atoms with Crippen LogP contribution in [0.4, 0.5) is 5.69 Å². The second kappa shape index (κ2) is 5.06. The number of hydrogen-bond donors (Lipinski definition) is 1. The van der Waals surface area contributed by atoms with Gasteiger partial charge in [0.2, 0.25) is 5.88 Å². The van der Waals surface area contributed by atoms with Crippen LogP contribution in [-0.4, -0.2) is 4.98 Å². The molecule has 0 saturated carbocycles. The van der Waals surface area contributed by atoms with Gasteiger partial charge in [0.15, 0.2) is 0 Å². The minimum atomic E-state index is 0.384. The summed E-state index contributed by atoms with van der Waals surface area (Å²) in [5.41, 5.74) is 8.31. The van der Waals surface area contributed by atoms with Crippen LogP contribution >= 0.6 is 11.6 Å². The van der Waals surface area contributed by atoms with E-state index in [1.165, 1.54) is 0 Å². The molecule has 1 heterocycles. The quantitative estimate of drug-likeness (QED) is 0.907. The monoisotopic (exact) mass is 248 g/mol. The van der Waals surface area contributed by atoms with Gasteiger partial charge in [-0.15, -0.1) is 0 Å². The van der Waals surface area contributed by atoms with Gasteiger partial charge in [0.25, 0.3) is 0 Å². The molecule has 0 bridgehead atoms. The van der Waals surface area contributed by atoms with Crippen molar-refractivity contribution in [2.45, 2.75) is 13.5 Å². The Morgan fingerprint density at radius 2 is 2.12 bits per heavy atom.